The number of nitrogens with zero attached hydrogens (tertiary/aromatic N) is 1. The molecule has 0 saturated heterocycles. The summed E-state index contributed by atoms with van der Waals surface area (Å²) in [5.41, 5.74) is 4.72. The Balaban J connectivity index is 2.26. The first-order chi connectivity index (χ1) is 10.1. The van der Waals surface area contributed by atoms with Gasteiger partial charge in [-0.3, -0.25) is 4.79 Å². The van der Waals surface area contributed by atoms with Gasteiger partial charge in [-0.05, 0) is 36.6 Å². The number of carboxylic acids is 1. The van der Waals surface area contributed by atoms with Gasteiger partial charge in [0.1, 0.15) is 0 Å². The summed E-state index contributed by atoms with van der Waals surface area (Å²) in [5.74, 6) is -0.765. The fourth-order valence-electron chi connectivity index (χ4n) is 2.43. The van der Waals surface area contributed by atoms with Gasteiger partial charge >= 0.3 is 5.97 Å². The Hall–Kier alpha value is -2.29. The van der Waals surface area contributed by atoms with Crippen LogP contribution in [-0.2, 0) is 11.3 Å². The van der Waals surface area contributed by atoms with Crippen molar-refractivity contribution in [3.05, 3.63) is 65.2 Å². The molecule has 0 aliphatic carbocycles. The van der Waals surface area contributed by atoms with E-state index in [0.717, 1.165) is 17.8 Å². The van der Waals surface area contributed by atoms with Crippen molar-refractivity contribution in [3.8, 4) is 0 Å². The number of anilines is 1. The number of hydrogen-bond donors (Lipinski definition) is 1. The van der Waals surface area contributed by atoms with Crippen LogP contribution in [0.25, 0.3) is 0 Å². The lowest BCUT2D eigenvalue weighted by atomic mass is 10.1. The second-order valence-corrected chi connectivity index (χ2v) is 5.28. The number of aliphatic carboxylic acids is 1. The molecule has 0 atom stereocenters. The monoisotopic (exact) mass is 283 g/mol. The lowest BCUT2D eigenvalue weighted by Gasteiger charge is -2.26. The highest BCUT2D eigenvalue weighted by Crippen LogP contribution is 2.23. The van der Waals surface area contributed by atoms with Crippen molar-refractivity contribution in [2.24, 2.45) is 0 Å². The molecule has 2 aromatic carbocycles. The number of aryl methyl sites for hydroxylation is 2. The molecule has 0 saturated carbocycles. The molecule has 0 fully saturated rings. The van der Waals surface area contributed by atoms with Crippen LogP contribution in [0.15, 0.2) is 48.5 Å². The SMILES string of the molecule is Cc1ccccc1CN(CCC(=O)O)c1ccccc1C. The van der Waals surface area contributed by atoms with E-state index in [4.69, 9.17) is 5.11 Å². The minimum Gasteiger partial charge on any atom is -0.481 e. The Morgan fingerprint density at radius 1 is 1.00 bits per heavy atom. The number of benzene rings is 2. The van der Waals surface area contributed by atoms with Crippen molar-refractivity contribution in [3.63, 3.8) is 0 Å². The quantitative estimate of drug-likeness (QED) is 0.877. The first kappa shape index (κ1) is 15.1. The van der Waals surface area contributed by atoms with Gasteiger partial charge in [0.2, 0.25) is 0 Å². The van der Waals surface area contributed by atoms with E-state index in [-0.39, 0.29) is 6.42 Å². The largest absolute Gasteiger partial charge is 0.481 e. The second-order valence-electron chi connectivity index (χ2n) is 5.28. The molecule has 2 aromatic rings. The van der Waals surface area contributed by atoms with Crippen molar-refractivity contribution >= 4 is 11.7 Å². The highest BCUT2D eigenvalue weighted by molar-refractivity contribution is 5.68. The Kier molecular flexibility index (Phi) is 4.99. The molecule has 0 aliphatic heterocycles. The van der Waals surface area contributed by atoms with E-state index in [9.17, 15) is 4.79 Å². The summed E-state index contributed by atoms with van der Waals surface area (Å²) >= 11 is 0. The zero-order valence-electron chi connectivity index (χ0n) is 12.5. The van der Waals surface area contributed by atoms with Crippen LogP contribution in [-0.4, -0.2) is 17.6 Å². The smallest absolute Gasteiger partial charge is 0.305 e. The summed E-state index contributed by atoms with van der Waals surface area (Å²) in [5, 5.41) is 8.97. The van der Waals surface area contributed by atoms with Crippen LogP contribution in [0.3, 0.4) is 0 Å². The van der Waals surface area contributed by atoms with Gasteiger partial charge in [0.25, 0.3) is 0 Å². The van der Waals surface area contributed by atoms with Crippen LogP contribution < -0.4 is 4.90 Å². The van der Waals surface area contributed by atoms with E-state index in [1.54, 1.807) is 0 Å². The fraction of sp³-hybridized carbons (Fsp3) is 0.278. The van der Waals surface area contributed by atoms with Crippen LogP contribution in [0.2, 0.25) is 0 Å². The van der Waals surface area contributed by atoms with Crippen LogP contribution in [0.1, 0.15) is 23.1 Å². The molecule has 0 radical (unpaired) electrons. The van der Waals surface area contributed by atoms with Gasteiger partial charge in [-0.1, -0.05) is 42.5 Å². The number of para-hydroxylation sites is 1. The molecule has 2 rings (SSSR count). The maximum absolute atomic E-state index is 10.9. The van der Waals surface area contributed by atoms with Crippen molar-refractivity contribution in [2.45, 2.75) is 26.8 Å². The van der Waals surface area contributed by atoms with Crippen LogP contribution >= 0.6 is 0 Å². The minimum absolute atomic E-state index is 0.139. The summed E-state index contributed by atoms with van der Waals surface area (Å²) < 4.78 is 0. The van der Waals surface area contributed by atoms with Gasteiger partial charge in [-0.15, -0.1) is 0 Å². The predicted molar refractivity (Wildman–Crippen MR) is 85.7 cm³/mol. The molecule has 3 heteroatoms. The predicted octanol–water partition coefficient (Wildman–Crippen LogP) is 3.78. The highest BCUT2D eigenvalue weighted by Gasteiger charge is 2.12. The Bertz CT molecular complexity index is 622. The lowest BCUT2D eigenvalue weighted by Crippen LogP contribution is -2.26. The van der Waals surface area contributed by atoms with E-state index in [2.05, 4.69) is 43.0 Å². The van der Waals surface area contributed by atoms with E-state index in [1.165, 1.54) is 11.1 Å². The summed E-state index contributed by atoms with van der Waals surface area (Å²) in [4.78, 5) is 13.1. The van der Waals surface area contributed by atoms with Crippen molar-refractivity contribution in [1.29, 1.82) is 0 Å². The normalized spacial score (nSPS) is 10.4. The molecule has 0 aliphatic rings. The van der Waals surface area contributed by atoms with Crippen LogP contribution in [0.5, 0.6) is 0 Å². The maximum Gasteiger partial charge on any atom is 0.305 e. The summed E-state index contributed by atoms with van der Waals surface area (Å²) in [6.45, 7) is 5.38. The molecule has 0 aromatic heterocycles. The third-order valence-corrected chi connectivity index (χ3v) is 3.67. The van der Waals surface area contributed by atoms with Gasteiger partial charge in [-0.2, -0.15) is 0 Å². The van der Waals surface area contributed by atoms with Gasteiger partial charge in [0.15, 0.2) is 0 Å². The molecule has 0 heterocycles. The molecule has 0 unspecified atom stereocenters. The van der Waals surface area contributed by atoms with E-state index >= 15 is 0 Å². The molecule has 110 valence electrons. The number of carbonyl (C=O) groups is 1. The van der Waals surface area contributed by atoms with Crippen molar-refractivity contribution < 1.29 is 9.90 Å². The molecular formula is C18H21NO2. The molecule has 21 heavy (non-hydrogen) atoms. The van der Waals surface area contributed by atoms with Crippen LogP contribution in [0, 0.1) is 13.8 Å². The third kappa shape index (κ3) is 4.09. The molecule has 0 amide bonds. The Morgan fingerprint density at radius 2 is 1.62 bits per heavy atom. The second kappa shape index (κ2) is 6.93. The van der Waals surface area contributed by atoms with E-state index in [1.807, 2.05) is 24.3 Å². The van der Waals surface area contributed by atoms with Gasteiger partial charge in [0.05, 0.1) is 6.42 Å². The Morgan fingerprint density at radius 3 is 2.24 bits per heavy atom. The van der Waals surface area contributed by atoms with Crippen LogP contribution in [0.4, 0.5) is 5.69 Å². The van der Waals surface area contributed by atoms with Gasteiger partial charge in [0, 0.05) is 18.8 Å². The average Bonchev–Trinajstić information content (AvgIpc) is 2.46. The maximum atomic E-state index is 10.9. The average molecular weight is 283 g/mol. The van der Waals surface area contributed by atoms with Crippen molar-refractivity contribution in [2.75, 3.05) is 11.4 Å². The standard InChI is InChI=1S/C18H21NO2/c1-14-7-3-5-9-16(14)13-19(12-11-18(20)21)17-10-6-4-8-15(17)2/h3-10H,11-13H2,1-2H3,(H,20,21). The number of hydrogen-bond acceptors (Lipinski definition) is 2. The van der Waals surface area contributed by atoms with Crippen molar-refractivity contribution in [1.82, 2.24) is 0 Å². The molecule has 1 N–H and O–H groups in total. The van der Waals surface area contributed by atoms with Gasteiger partial charge < -0.3 is 10.0 Å². The fourth-order valence-corrected chi connectivity index (χ4v) is 2.43. The molecule has 3 nitrogen and oxygen atoms in total. The van der Waals surface area contributed by atoms with E-state index in [0.29, 0.717) is 6.54 Å². The number of carboxylic acid groups (broad SMARTS) is 1. The first-order valence-corrected chi connectivity index (χ1v) is 7.15. The van der Waals surface area contributed by atoms with Gasteiger partial charge in [-0.25, -0.2) is 0 Å². The lowest BCUT2D eigenvalue weighted by molar-refractivity contribution is -0.136. The summed E-state index contributed by atoms with van der Waals surface area (Å²) in [6.07, 6.45) is 0.139. The summed E-state index contributed by atoms with van der Waals surface area (Å²) in [6, 6.07) is 16.3. The first-order valence-electron chi connectivity index (χ1n) is 7.15. The summed E-state index contributed by atoms with van der Waals surface area (Å²) in [7, 11) is 0. The molecular weight excluding hydrogens is 262 g/mol. The zero-order chi connectivity index (χ0) is 15.2. The molecule has 0 bridgehead atoms. The zero-order valence-corrected chi connectivity index (χ0v) is 12.5. The highest BCUT2D eigenvalue weighted by atomic mass is 16.4. The minimum atomic E-state index is -0.765. The molecule has 0 spiro atoms. The number of rotatable bonds is 6. The Labute approximate surface area is 125 Å². The topological polar surface area (TPSA) is 40.5 Å². The third-order valence-electron chi connectivity index (χ3n) is 3.67. The van der Waals surface area contributed by atoms with E-state index < -0.39 is 5.97 Å².